The predicted molar refractivity (Wildman–Crippen MR) is 135 cm³/mol. The lowest BCUT2D eigenvalue weighted by molar-refractivity contribution is 0.0376. The van der Waals surface area contributed by atoms with Gasteiger partial charge in [-0.1, -0.05) is 29.0 Å². The summed E-state index contributed by atoms with van der Waals surface area (Å²) in [5.41, 5.74) is 1.21. The fourth-order valence-corrected chi connectivity index (χ4v) is 5.02. The molecule has 4 rings (SSSR count). The van der Waals surface area contributed by atoms with Crippen LogP contribution in [0.25, 0.3) is 10.2 Å². The number of rotatable bonds is 8. The number of carbonyl (C=O) groups is 1. The molecule has 1 aliphatic rings. The molecule has 0 aliphatic carbocycles. The van der Waals surface area contributed by atoms with Crippen molar-refractivity contribution in [3.63, 3.8) is 0 Å². The van der Waals surface area contributed by atoms with Crippen LogP contribution in [0.15, 0.2) is 36.4 Å². The van der Waals surface area contributed by atoms with E-state index in [2.05, 4.69) is 4.90 Å². The summed E-state index contributed by atoms with van der Waals surface area (Å²) in [6.45, 7) is 4.76. The quantitative estimate of drug-likeness (QED) is 0.434. The molecule has 7 nitrogen and oxygen atoms in total. The number of thiazole rings is 1. The lowest BCUT2D eigenvalue weighted by Crippen LogP contribution is -2.39. The predicted octanol–water partition coefficient (Wildman–Crippen LogP) is 4.76. The number of carbonyl (C=O) groups excluding carboxylic acids is 1. The number of aromatic nitrogens is 1. The summed E-state index contributed by atoms with van der Waals surface area (Å²) in [7, 11) is 3.23. The van der Waals surface area contributed by atoms with Crippen molar-refractivity contribution in [3.05, 3.63) is 47.0 Å². The number of amides is 1. The Morgan fingerprint density at radius 1 is 1.18 bits per heavy atom. The number of hydrogen-bond acceptors (Lipinski definition) is 7. The molecule has 10 heteroatoms. The molecule has 0 spiro atoms. The maximum Gasteiger partial charge on any atom is 0.260 e. The number of methoxy groups -OCH3 is 2. The van der Waals surface area contributed by atoms with Crippen molar-refractivity contribution in [2.45, 2.75) is 6.42 Å². The van der Waals surface area contributed by atoms with E-state index in [1.165, 1.54) is 11.3 Å². The molecule has 2 heterocycles. The maximum atomic E-state index is 13.5. The van der Waals surface area contributed by atoms with Crippen LogP contribution in [0, 0.1) is 0 Å². The molecule has 0 N–H and O–H groups in total. The molecular formula is C23H27Cl2N3O4S. The van der Waals surface area contributed by atoms with Gasteiger partial charge in [0.1, 0.15) is 21.7 Å². The molecule has 0 atom stereocenters. The molecule has 33 heavy (non-hydrogen) atoms. The highest BCUT2D eigenvalue weighted by Gasteiger charge is 2.24. The molecule has 1 amide bonds. The first-order chi connectivity index (χ1) is 15.6. The van der Waals surface area contributed by atoms with Crippen molar-refractivity contribution >= 4 is 56.6 Å². The Labute approximate surface area is 208 Å². The van der Waals surface area contributed by atoms with E-state index in [0.717, 1.165) is 44.0 Å². The second kappa shape index (κ2) is 11.9. The SMILES string of the molecule is COc1ccc(OC)c2sc(N(CCCN3CCOCC3)C(=O)c3cccc(Cl)c3)nc12.Cl. The van der Waals surface area contributed by atoms with E-state index in [-0.39, 0.29) is 18.3 Å². The first kappa shape index (κ1) is 25.5. The van der Waals surface area contributed by atoms with Crippen molar-refractivity contribution in [1.82, 2.24) is 9.88 Å². The first-order valence-electron chi connectivity index (χ1n) is 10.5. The van der Waals surface area contributed by atoms with Crippen LogP contribution in [-0.2, 0) is 4.74 Å². The van der Waals surface area contributed by atoms with Gasteiger partial charge in [-0.2, -0.15) is 0 Å². The number of ether oxygens (including phenoxy) is 3. The zero-order valence-corrected chi connectivity index (χ0v) is 21.0. The Hall–Kier alpha value is -2.10. The van der Waals surface area contributed by atoms with Crippen LogP contribution in [0.4, 0.5) is 5.13 Å². The minimum Gasteiger partial charge on any atom is -0.495 e. The summed E-state index contributed by atoms with van der Waals surface area (Å²) in [5, 5.41) is 1.13. The Morgan fingerprint density at radius 3 is 2.61 bits per heavy atom. The average Bonchev–Trinajstić information content (AvgIpc) is 3.26. The van der Waals surface area contributed by atoms with E-state index in [9.17, 15) is 4.79 Å². The zero-order chi connectivity index (χ0) is 22.5. The van der Waals surface area contributed by atoms with Gasteiger partial charge < -0.3 is 14.2 Å². The van der Waals surface area contributed by atoms with Gasteiger partial charge in [0.05, 0.1) is 27.4 Å². The maximum absolute atomic E-state index is 13.5. The van der Waals surface area contributed by atoms with E-state index >= 15 is 0 Å². The number of hydrogen-bond donors (Lipinski definition) is 0. The van der Waals surface area contributed by atoms with Gasteiger partial charge in [0.25, 0.3) is 5.91 Å². The van der Waals surface area contributed by atoms with Crippen LogP contribution in [0.5, 0.6) is 11.5 Å². The number of benzene rings is 2. The highest BCUT2D eigenvalue weighted by Crippen LogP contribution is 2.40. The third-order valence-corrected chi connectivity index (χ3v) is 6.73. The van der Waals surface area contributed by atoms with Crippen LogP contribution >= 0.6 is 35.3 Å². The molecule has 0 bridgehead atoms. The second-order valence-electron chi connectivity index (χ2n) is 7.42. The summed E-state index contributed by atoms with van der Waals surface area (Å²) < 4.78 is 17.3. The molecule has 3 aromatic rings. The summed E-state index contributed by atoms with van der Waals surface area (Å²) >= 11 is 7.58. The van der Waals surface area contributed by atoms with E-state index in [4.69, 9.17) is 30.8 Å². The molecular weight excluding hydrogens is 485 g/mol. The highest BCUT2D eigenvalue weighted by atomic mass is 35.5. The van der Waals surface area contributed by atoms with Crippen LogP contribution < -0.4 is 14.4 Å². The van der Waals surface area contributed by atoms with E-state index in [1.807, 2.05) is 12.1 Å². The second-order valence-corrected chi connectivity index (χ2v) is 8.83. The fourth-order valence-electron chi connectivity index (χ4n) is 3.73. The third-order valence-electron chi connectivity index (χ3n) is 5.41. The normalized spacial score (nSPS) is 14.0. The molecule has 1 aliphatic heterocycles. The van der Waals surface area contributed by atoms with Crippen LogP contribution in [0.3, 0.4) is 0 Å². The largest absolute Gasteiger partial charge is 0.495 e. The van der Waals surface area contributed by atoms with Gasteiger partial charge in [0.2, 0.25) is 0 Å². The topological polar surface area (TPSA) is 64.1 Å². The van der Waals surface area contributed by atoms with E-state index in [0.29, 0.717) is 39.3 Å². The molecule has 1 fully saturated rings. The van der Waals surface area contributed by atoms with Crippen molar-refractivity contribution in [1.29, 1.82) is 0 Å². The van der Waals surface area contributed by atoms with Crippen LogP contribution in [0.1, 0.15) is 16.8 Å². The van der Waals surface area contributed by atoms with Crippen molar-refractivity contribution in [2.75, 3.05) is 58.5 Å². The van der Waals surface area contributed by atoms with Gasteiger partial charge in [0, 0.05) is 36.8 Å². The average molecular weight is 512 g/mol. The molecule has 0 unspecified atom stereocenters. The van der Waals surface area contributed by atoms with Crippen molar-refractivity contribution in [3.8, 4) is 11.5 Å². The fraction of sp³-hybridized carbons (Fsp3) is 0.391. The third kappa shape index (κ3) is 5.88. The molecule has 1 saturated heterocycles. The number of anilines is 1. The number of fused-ring (bicyclic) bond motifs is 1. The number of morpholine rings is 1. The van der Waals surface area contributed by atoms with E-state index < -0.39 is 0 Å². The Kier molecular flexibility index (Phi) is 9.17. The summed E-state index contributed by atoms with van der Waals surface area (Å²) in [5.74, 6) is 1.21. The summed E-state index contributed by atoms with van der Waals surface area (Å²) in [6.07, 6.45) is 0.816. The minimum atomic E-state index is -0.133. The van der Waals surface area contributed by atoms with Crippen LogP contribution in [0.2, 0.25) is 5.02 Å². The summed E-state index contributed by atoms with van der Waals surface area (Å²) in [6, 6.07) is 10.7. The Balaban J connectivity index is 0.00000306. The highest BCUT2D eigenvalue weighted by molar-refractivity contribution is 7.22. The molecule has 2 aromatic carbocycles. The Bertz CT molecular complexity index is 1050. The minimum absolute atomic E-state index is 0. The monoisotopic (exact) mass is 511 g/mol. The number of halogens is 2. The molecule has 178 valence electrons. The smallest absolute Gasteiger partial charge is 0.260 e. The van der Waals surface area contributed by atoms with Crippen molar-refractivity contribution in [2.24, 2.45) is 0 Å². The Morgan fingerprint density at radius 2 is 1.91 bits per heavy atom. The molecule has 0 saturated carbocycles. The van der Waals surface area contributed by atoms with Gasteiger partial charge in [-0.25, -0.2) is 4.98 Å². The van der Waals surface area contributed by atoms with Gasteiger partial charge in [0.15, 0.2) is 5.13 Å². The molecule has 1 aromatic heterocycles. The van der Waals surface area contributed by atoms with Gasteiger partial charge in [-0.3, -0.25) is 14.6 Å². The first-order valence-corrected chi connectivity index (χ1v) is 11.7. The van der Waals surface area contributed by atoms with E-state index in [1.54, 1.807) is 43.4 Å². The van der Waals surface area contributed by atoms with Gasteiger partial charge >= 0.3 is 0 Å². The van der Waals surface area contributed by atoms with Crippen LogP contribution in [-0.4, -0.2) is 69.4 Å². The van der Waals surface area contributed by atoms with Gasteiger partial charge in [-0.05, 0) is 36.8 Å². The summed E-state index contributed by atoms with van der Waals surface area (Å²) in [4.78, 5) is 22.4. The lowest BCUT2D eigenvalue weighted by atomic mass is 10.2. The molecule has 0 radical (unpaired) electrons. The van der Waals surface area contributed by atoms with Crippen molar-refractivity contribution < 1.29 is 19.0 Å². The lowest BCUT2D eigenvalue weighted by Gasteiger charge is -2.27. The van der Waals surface area contributed by atoms with Gasteiger partial charge in [-0.15, -0.1) is 12.4 Å². The zero-order valence-electron chi connectivity index (χ0n) is 18.6. The standard InChI is InChI=1S/C23H26ClN3O4S.ClH/c1-29-18-7-8-19(30-2)21-20(18)25-23(32-21)27(10-4-9-26-11-13-31-14-12-26)22(28)16-5-3-6-17(24)15-16;/h3,5-8,15H,4,9-14H2,1-2H3;1H. The number of nitrogens with zero attached hydrogens (tertiary/aromatic N) is 3.